The van der Waals surface area contributed by atoms with E-state index in [0.717, 1.165) is 0 Å². The van der Waals surface area contributed by atoms with Crippen LogP contribution >= 0.6 is 0 Å². The molecule has 1 aromatic heterocycles. The smallest absolute Gasteiger partial charge is 0.272 e. The quantitative estimate of drug-likeness (QED) is 0.737. The Balaban J connectivity index is 1.56. The van der Waals surface area contributed by atoms with E-state index < -0.39 is 22.9 Å². The van der Waals surface area contributed by atoms with E-state index in [1.165, 1.54) is 18.3 Å². The van der Waals surface area contributed by atoms with Crippen LogP contribution in [-0.2, 0) is 9.84 Å². The van der Waals surface area contributed by atoms with E-state index in [0.29, 0.717) is 38.2 Å². The number of carbonyl (C=O) groups excluding carboxylic acids is 1. The van der Waals surface area contributed by atoms with Crippen molar-refractivity contribution < 1.29 is 26.7 Å². The maximum Gasteiger partial charge on any atom is 0.272 e. The van der Waals surface area contributed by atoms with Crippen molar-refractivity contribution in [3.8, 4) is 5.88 Å². The van der Waals surface area contributed by atoms with Crippen LogP contribution in [0.4, 0.5) is 8.78 Å². The molecule has 0 aliphatic carbocycles. The zero-order valence-electron chi connectivity index (χ0n) is 14.2. The van der Waals surface area contributed by atoms with Crippen molar-refractivity contribution in [1.82, 2.24) is 14.8 Å². The lowest BCUT2D eigenvalue weighted by atomic mass is 10.1. The number of amides is 1. The van der Waals surface area contributed by atoms with Crippen molar-refractivity contribution in [3.05, 3.63) is 23.9 Å². The summed E-state index contributed by atoms with van der Waals surface area (Å²) < 4.78 is 52.5. The third kappa shape index (κ3) is 4.67. The molecule has 144 valence electrons. The van der Waals surface area contributed by atoms with E-state index in [1.54, 1.807) is 4.90 Å². The molecule has 3 heterocycles. The van der Waals surface area contributed by atoms with Gasteiger partial charge in [0.1, 0.15) is 0 Å². The molecule has 1 aromatic rings. The van der Waals surface area contributed by atoms with Crippen LogP contribution in [-0.4, -0.2) is 85.9 Å². The fraction of sp³-hybridized carbons (Fsp3) is 0.625. The Labute approximate surface area is 150 Å². The maximum absolute atomic E-state index is 12.6. The first-order valence-electron chi connectivity index (χ1n) is 8.45. The highest BCUT2D eigenvalue weighted by atomic mass is 32.2. The summed E-state index contributed by atoms with van der Waals surface area (Å²) in [5, 5.41) is 0. The van der Waals surface area contributed by atoms with Gasteiger partial charge in [-0.2, -0.15) is 0 Å². The van der Waals surface area contributed by atoms with Gasteiger partial charge in [0.25, 0.3) is 12.3 Å². The van der Waals surface area contributed by atoms with Crippen molar-refractivity contribution in [2.45, 2.75) is 18.9 Å². The molecule has 2 fully saturated rings. The van der Waals surface area contributed by atoms with E-state index in [4.69, 9.17) is 4.74 Å². The fourth-order valence-electron chi connectivity index (χ4n) is 3.31. The second kappa shape index (κ2) is 7.83. The second-order valence-electron chi connectivity index (χ2n) is 6.47. The molecule has 0 radical (unpaired) electrons. The van der Waals surface area contributed by atoms with Crippen LogP contribution in [0.1, 0.15) is 16.8 Å². The van der Waals surface area contributed by atoms with Gasteiger partial charge in [-0.05, 0) is 12.5 Å². The minimum atomic E-state index is -2.93. The first-order valence-corrected chi connectivity index (χ1v) is 10.3. The molecule has 1 atom stereocenters. The number of hydrogen-bond acceptors (Lipinski definition) is 6. The number of hydrogen-bond donors (Lipinski definition) is 0. The lowest BCUT2D eigenvalue weighted by Gasteiger charge is -2.37. The number of rotatable bonds is 5. The number of pyridine rings is 1. The van der Waals surface area contributed by atoms with Crippen LogP contribution in [0.25, 0.3) is 0 Å². The molecule has 0 aromatic carbocycles. The van der Waals surface area contributed by atoms with Gasteiger partial charge in [0.15, 0.2) is 16.4 Å². The fourth-order valence-corrected chi connectivity index (χ4v) is 5.07. The van der Waals surface area contributed by atoms with Gasteiger partial charge < -0.3 is 9.64 Å². The summed E-state index contributed by atoms with van der Waals surface area (Å²) in [4.78, 5) is 20.2. The van der Waals surface area contributed by atoms with E-state index in [-0.39, 0.29) is 29.3 Å². The highest BCUT2D eigenvalue weighted by Crippen LogP contribution is 2.20. The van der Waals surface area contributed by atoms with Gasteiger partial charge in [-0.3, -0.25) is 9.69 Å². The van der Waals surface area contributed by atoms with Gasteiger partial charge in [0.2, 0.25) is 5.88 Å². The second-order valence-corrected chi connectivity index (χ2v) is 8.70. The van der Waals surface area contributed by atoms with E-state index >= 15 is 0 Å². The first-order chi connectivity index (χ1) is 12.3. The zero-order chi connectivity index (χ0) is 18.7. The molecule has 0 N–H and O–H groups in total. The number of sulfone groups is 1. The zero-order valence-corrected chi connectivity index (χ0v) is 15.0. The monoisotopic (exact) mass is 389 g/mol. The van der Waals surface area contributed by atoms with Gasteiger partial charge in [-0.25, -0.2) is 22.2 Å². The van der Waals surface area contributed by atoms with E-state index in [1.807, 2.05) is 0 Å². The standard InChI is InChI=1S/C16H21F2N3O4S/c17-14(18)10-25-15-9-12(1-3-19-15)16(22)21-6-4-20(5-7-21)13-2-8-26(23,24)11-13/h1,3,9,13-14H,2,4-8,10-11H2. The Morgan fingerprint density at radius 3 is 2.65 bits per heavy atom. The number of ether oxygens (including phenoxy) is 1. The number of alkyl halides is 2. The Hall–Kier alpha value is -1.81. The van der Waals surface area contributed by atoms with Gasteiger partial charge >= 0.3 is 0 Å². The van der Waals surface area contributed by atoms with Crippen LogP contribution < -0.4 is 4.74 Å². The molecule has 7 nitrogen and oxygen atoms in total. The molecule has 10 heteroatoms. The summed E-state index contributed by atoms with van der Waals surface area (Å²) in [5.74, 6) is 0.199. The van der Waals surface area contributed by atoms with Crippen molar-refractivity contribution in [3.63, 3.8) is 0 Å². The summed E-state index contributed by atoms with van der Waals surface area (Å²) in [5.41, 5.74) is 0.334. The summed E-state index contributed by atoms with van der Waals surface area (Å²) >= 11 is 0. The van der Waals surface area contributed by atoms with Crippen LogP contribution in [0.2, 0.25) is 0 Å². The van der Waals surface area contributed by atoms with Gasteiger partial charge in [0, 0.05) is 50.0 Å². The average molecular weight is 389 g/mol. The summed E-state index contributed by atoms with van der Waals surface area (Å²) in [6.07, 6.45) is -0.609. The van der Waals surface area contributed by atoms with Crippen molar-refractivity contribution in [2.24, 2.45) is 0 Å². The van der Waals surface area contributed by atoms with Crippen LogP contribution in [0.5, 0.6) is 5.88 Å². The molecular formula is C16H21F2N3O4S. The number of piperazine rings is 1. The number of halogens is 2. The Morgan fingerprint density at radius 2 is 2.04 bits per heavy atom. The molecule has 0 bridgehead atoms. The van der Waals surface area contributed by atoms with Crippen molar-refractivity contribution in [2.75, 3.05) is 44.3 Å². The van der Waals surface area contributed by atoms with E-state index in [2.05, 4.69) is 9.88 Å². The Bertz CT molecular complexity index is 752. The molecule has 1 amide bonds. The number of aromatic nitrogens is 1. The minimum absolute atomic E-state index is 0.00838. The van der Waals surface area contributed by atoms with Crippen molar-refractivity contribution in [1.29, 1.82) is 0 Å². The largest absolute Gasteiger partial charge is 0.472 e. The minimum Gasteiger partial charge on any atom is -0.472 e. The molecule has 2 saturated heterocycles. The lowest BCUT2D eigenvalue weighted by Crippen LogP contribution is -2.52. The average Bonchev–Trinajstić information content (AvgIpc) is 2.99. The molecule has 0 saturated carbocycles. The molecule has 2 aliphatic rings. The molecule has 3 rings (SSSR count). The summed E-state index contributed by atoms with van der Waals surface area (Å²) in [7, 11) is -2.93. The maximum atomic E-state index is 12.6. The molecule has 0 spiro atoms. The van der Waals surface area contributed by atoms with Gasteiger partial charge in [0.05, 0.1) is 11.5 Å². The summed E-state index contributed by atoms with van der Waals surface area (Å²) in [6, 6.07) is 2.92. The highest BCUT2D eigenvalue weighted by Gasteiger charge is 2.34. The van der Waals surface area contributed by atoms with Gasteiger partial charge in [-0.15, -0.1) is 0 Å². The molecular weight excluding hydrogens is 368 g/mol. The van der Waals surface area contributed by atoms with Crippen molar-refractivity contribution >= 4 is 15.7 Å². The molecule has 2 aliphatic heterocycles. The lowest BCUT2D eigenvalue weighted by molar-refractivity contribution is 0.0586. The highest BCUT2D eigenvalue weighted by molar-refractivity contribution is 7.91. The number of nitrogens with zero attached hydrogens (tertiary/aromatic N) is 3. The summed E-state index contributed by atoms with van der Waals surface area (Å²) in [6.45, 7) is 1.45. The SMILES string of the molecule is O=C(c1ccnc(OCC(F)F)c1)N1CCN(C2CCS(=O)(=O)C2)CC1. The number of carbonyl (C=O) groups is 1. The predicted molar refractivity (Wildman–Crippen MR) is 90.3 cm³/mol. The van der Waals surface area contributed by atoms with E-state index in [9.17, 15) is 22.0 Å². The predicted octanol–water partition coefficient (Wildman–Crippen LogP) is 0.670. The van der Waals surface area contributed by atoms with Gasteiger partial charge in [-0.1, -0.05) is 0 Å². The Kier molecular flexibility index (Phi) is 5.71. The molecule has 1 unspecified atom stereocenters. The third-order valence-electron chi connectivity index (χ3n) is 4.67. The third-order valence-corrected chi connectivity index (χ3v) is 6.42. The van der Waals surface area contributed by atoms with Crippen LogP contribution in [0.3, 0.4) is 0 Å². The van der Waals surface area contributed by atoms with Crippen LogP contribution in [0.15, 0.2) is 18.3 Å². The Morgan fingerprint density at radius 1 is 1.31 bits per heavy atom. The molecule has 26 heavy (non-hydrogen) atoms. The normalized spacial score (nSPS) is 23.3. The first kappa shape index (κ1) is 19.0. The topological polar surface area (TPSA) is 79.8 Å². The van der Waals surface area contributed by atoms with Crippen LogP contribution in [0, 0.1) is 0 Å².